The quantitative estimate of drug-likeness (QED) is 0.185. The van der Waals surface area contributed by atoms with Gasteiger partial charge in [-0.05, 0) is 13.8 Å². The third kappa shape index (κ3) is 7.39. The number of halogens is 2. The van der Waals surface area contributed by atoms with Crippen LogP contribution < -0.4 is 0 Å². The van der Waals surface area contributed by atoms with Gasteiger partial charge in [0.1, 0.15) is 0 Å². The Labute approximate surface area is 189 Å². The minimum atomic E-state index is -1.54. The molecule has 0 amide bonds. The van der Waals surface area contributed by atoms with Gasteiger partial charge in [0, 0.05) is 0 Å². The molecule has 0 spiro atoms. The summed E-state index contributed by atoms with van der Waals surface area (Å²) >= 11 is -1.54. The molecule has 0 aromatic rings. The molecule has 4 aliphatic carbocycles. The molecule has 0 atom stereocenters. The van der Waals surface area contributed by atoms with Gasteiger partial charge in [-0.1, -0.05) is 49.2 Å². The van der Waals surface area contributed by atoms with Gasteiger partial charge in [0.25, 0.3) is 0 Å². The summed E-state index contributed by atoms with van der Waals surface area (Å²) in [5.74, 6) is 0. The molecule has 0 nitrogen and oxygen atoms in total. The Hall–Kier alpha value is -1.44. The van der Waals surface area contributed by atoms with E-state index in [1.165, 1.54) is 44.5 Å². The Morgan fingerprint density at radius 1 is 0.690 bits per heavy atom. The number of hydrogen-bond acceptors (Lipinski definition) is 0. The van der Waals surface area contributed by atoms with Crippen molar-refractivity contribution in [2.24, 2.45) is 0 Å². The van der Waals surface area contributed by atoms with Crippen LogP contribution in [0.5, 0.6) is 0 Å². The van der Waals surface area contributed by atoms with E-state index in [1.807, 2.05) is 11.2 Å². The predicted molar refractivity (Wildman–Crippen MR) is 126 cm³/mol. The SMILES string of the molecule is C[CH]=[Ti]([Cl])[Cl].Cc1[c-]c2ccccc(C)c-2c1.Cc1[c-]c2ccccc(C)c-2c1. The van der Waals surface area contributed by atoms with Crippen molar-refractivity contribution < 1.29 is 15.3 Å². The maximum atomic E-state index is 5.34. The van der Waals surface area contributed by atoms with Crippen LogP contribution in [0.3, 0.4) is 0 Å². The average Bonchev–Trinajstić information content (AvgIpc) is 3.14. The Morgan fingerprint density at radius 2 is 1.03 bits per heavy atom. The number of hydrogen-bond donors (Lipinski definition) is 0. The van der Waals surface area contributed by atoms with Crippen LogP contribution in [0.25, 0.3) is 22.3 Å². The van der Waals surface area contributed by atoms with E-state index < -0.39 is 15.3 Å². The second-order valence-corrected chi connectivity index (χ2v) is 12.9. The van der Waals surface area contributed by atoms with Gasteiger partial charge in [-0.25, -0.2) is 0 Å². The Bertz CT molecular complexity index is 956. The molecular formula is C26H26Cl2Ti-2. The molecule has 4 rings (SSSR count). The van der Waals surface area contributed by atoms with Crippen LogP contribution in [-0.4, -0.2) is 4.31 Å². The first-order chi connectivity index (χ1) is 13.8. The van der Waals surface area contributed by atoms with Gasteiger partial charge in [-0.3, -0.25) is 0 Å². The number of fused-ring (bicyclic) bond motifs is 2. The number of aryl methyl sites for hydroxylation is 4. The van der Waals surface area contributed by atoms with Crippen molar-refractivity contribution in [1.29, 1.82) is 0 Å². The van der Waals surface area contributed by atoms with Crippen LogP contribution in [0, 0.1) is 39.8 Å². The molecule has 0 heterocycles. The fraction of sp³-hybridized carbons (Fsp3) is 0.192. The second kappa shape index (κ2) is 11.7. The van der Waals surface area contributed by atoms with E-state index in [1.54, 1.807) is 0 Å². The summed E-state index contributed by atoms with van der Waals surface area (Å²) in [5, 5.41) is 0. The van der Waals surface area contributed by atoms with E-state index in [0.717, 1.165) is 0 Å². The van der Waals surface area contributed by atoms with Gasteiger partial charge in [0.2, 0.25) is 0 Å². The maximum Gasteiger partial charge on any atom is -0.0487 e. The van der Waals surface area contributed by atoms with Crippen molar-refractivity contribution in [1.82, 2.24) is 0 Å². The minimum absolute atomic E-state index is 1.22. The van der Waals surface area contributed by atoms with E-state index in [4.69, 9.17) is 18.6 Å². The monoisotopic (exact) mass is 456 g/mol. The summed E-state index contributed by atoms with van der Waals surface area (Å²) in [7, 11) is 10.7. The smallest absolute Gasteiger partial charge is 0.0487 e. The molecule has 0 N–H and O–H groups in total. The van der Waals surface area contributed by atoms with Crippen LogP contribution in [-0.2, 0) is 15.3 Å². The maximum absolute atomic E-state index is 5.34. The topological polar surface area (TPSA) is 0 Å². The molecule has 0 saturated carbocycles. The zero-order chi connectivity index (χ0) is 21.4. The van der Waals surface area contributed by atoms with Crippen LogP contribution in [0.4, 0.5) is 0 Å². The summed E-state index contributed by atoms with van der Waals surface area (Å²) in [5.41, 5.74) is 10.2. The zero-order valence-electron chi connectivity index (χ0n) is 17.6. The largest absolute Gasteiger partial charge is 0.165 e. The van der Waals surface area contributed by atoms with Crippen LogP contribution in [0.1, 0.15) is 29.2 Å². The summed E-state index contributed by atoms with van der Waals surface area (Å²) < 4.78 is 1.86. The van der Waals surface area contributed by atoms with Crippen molar-refractivity contribution in [3.05, 3.63) is 95.1 Å². The van der Waals surface area contributed by atoms with E-state index in [2.05, 4.69) is 100 Å². The zero-order valence-corrected chi connectivity index (χ0v) is 20.7. The second-order valence-electron chi connectivity index (χ2n) is 6.94. The van der Waals surface area contributed by atoms with Gasteiger partial charge < -0.3 is 0 Å². The molecule has 29 heavy (non-hydrogen) atoms. The first kappa shape index (κ1) is 23.8. The van der Waals surface area contributed by atoms with Gasteiger partial charge in [0.15, 0.2) is 0 Å². The Morgan fingerprint density at radius 3 is 1.38 bits per heavy atom. The fourth-order valence-electron chi connectivity index (χ4n) is 3.02. The van der Waals surface area contributed by atoms with E-state index in [-0.39, 0.29) is 0 Å². The van der Waals surface area contributed by atoms with Crippen LogP contribution in [0.15, 0.2) is 60.7 Å². The van der Waals surface area contributed by atoms with Crippen molar-refractivity contribution in [2.45, 2.75) is 34.6 Å². The normalized spacial score (nSPS) is 9.90. The van der Waals surface area contributed by atoms with Crippen molar-refractivity contribution in [3.63, 3.8) is 0 Å². The fourth-order valence-corrected chi connectivity index (χ4v) is 3.02. The van der Waals surface area contributed by atoms with Gasteiger partial charge in [-0.15, -0.1) is 58.7 Å². The standard InChI is InChI=1S/2C12H11.C2H4.2ClH.Ti/c2*1-9-7-11-6-4-3-5-10(2)12(11)8-9;1-2;;;/h2*3-6,8H,1-2H3;1H,2H3;2*1H;/q2*-1;;;;+2/p-2. The van der Waals surface area contributed by atoms with Crippen LogP contribution in [0.2, 0.25) is 0 Å². The molecule has 0 bridgehead atoms. The average molecular weight is 457 g/mol. The van der Waals surface area contributed by atoms with Gasteiger partial charge >= 0.3 is 45.1 Å². The number of rotatable bonds is 0. The van der Waals surface area contributed by atoms with E-state index >= 15 is 0 Å². The molecular weight excluding hydrogens is 431 g/mol. The summed E-state index contributed by atoms with van der Waals surface area (Å²) in [6, 6.07) is 27.7. The molecule has 0 aromatic heterocycles. The molecule has 0 saturated heterocycles. The molecule has 0 aromatic carbocycles. The molecule has 0 radical (unpaired) electrons. The third-order valence-corrected chi connectivity index (χ3v) is 6.96. The Balaban J connectivity index is 0.000000170. The van der Waals surface area contributed by atoms with Crippen molar-refractivity contribution in [3.8, 4) is 22.3 Å². The molecule has 3 heteroatoms. The van der Waals surface area contributed by atoms with Gasteiger partial charge in [0.05, 0.1) is 0 Å². The summed E-state index contributed by atoms with van der Waals surface area (Å²) in [4.78, 5) is 0. The first-order valence-electron chi connectivity index (χ1n) is 9.55. The summed E-state index contributed by atoms with van der Waals surface area (Å²) in [6.45, 7) is 10.3. The molecule has 0 aliphatic heterocycles. The van der Waals surface area contributed by atoms with Crippen molar-refractivity contribution in [2.75, 3.05) is 0 Å². The first-order valence-corrected chi connectivity index (χ1v) is 14.8. The van der Waals surface area contributed by atoms with E-state index in [9.17, 15) is 0 Å². The minimum Gasteiger partial charge on any atom is -0.165 e. The van der Waals surface area contributed by atoms with Crippen molar-refractivity contribution >= 4 is 22.9 Å². The predicted octanol–water partition coefficient (Wildman–Crippen LogP) is 8.15. The van der Waals surface area contributed by atoms with Gasteiger partial charge in [-0.2, -0.15) is 23.3 Å². The third-order valence-electron chi connectivity index (χ3n) is 4.47. The van der Waals surface area contributed by atoms with Crippen LogP contribution >= 0.6 is 18.6 Å². The summed E-state index contributed by atoms with van der Waals surface area (Å²) in [6.07, 6.45) is 0. The molecule has 4 aliphatic rings. The molecule has 0 fully saturated rings. The van der Waals surface area contributed by atoms with E-state index in [0.29, 0.717) is 0 Å². The molecule has 0 unspecified atom stereocenters. The molecule has 150 valence electrons. The Kier molecular flexibility index (Phi) is 9.60.